The molecule has 0 aliphatic carbocycles. The molecule has 0 saturated heterocycles. The first-order chi connectivity index (χ1) is 7.13. The van der Waals surface area contributed by atoms with E-state index in [1.54, 1.807) is 7.05 Å². The van der Waals surface area contributed by atoms with E-state index in [-0.39, 0.29) is 5.82 Å². The first-order valence-electron chi connectivity index (χ1n) is 5.59. The number of anilines is 1. The second-order valence-corrected chi connectivity index (χ2v) is 3.66. The molecule has 1 aromatic carbocycles. The number of rotatable bonds is 3. The molecule has 0 heterocycles. The molecule has 15 heavy (non-hydrogen) atoms. The van der Waals surface area contributed by atoms with E-state index in [0.717, 1.165) is 6.42 Å². The van der Waals surface area contributed by atoms with Crippen molar-refractivity contribution in [2.24, 2.45) is 5.92 Å². The molecular weight excluding hydrogens is 189 g/mol. The lowest BCUT2D eigenvalue weighted by atomic mass is 10.0. The number of hydrogen-bond donors (Lipinski definition) is 1. The summed E-state index contributed by atoms with van der Waals surface area (Å²) in [5.41, 5.74) is 1.76. The first-order valence-corrected chi connectivity index (χ1v) is 5.59. The number of nitrogens with one attached hydrogen (secondary N) is 1. The van der Waals surface area contributed by atoms with Gasteiger partial charge in [-0.3, -0.25) is 0 Å². The van der Waals surface area contributed by atoms with Crippen LogP contribution in [0.1, 0.15) is 33.3 Å². The number of halogens is 1. The van der Waals surface area contributed by atoms with Gasteiger partial charge >= 0.3 is 0 Å². The zero-order chi connectivity index (χ0) is 11.8. The lowest BCUT2D eigenvalue weighted by Crippen LogP contribution is -1.98. The highest BCUT2D eigenvalue weighted by Gasteiger charge is 2.02. The fourth-order valence-corrected chi connectivity index (χ4v) is 1.36. The van der Waals surface area contributed by atoms with Gasteiger partial charge < -0.3 is 5.32 Å². The topological polar surface area (TPSA) is 12.0 Å². The molecule has 0 bridgehead atoms. The van der Waals surface area contributed by atoms with Crippen LogP contribution in [0.3, 0.4) is 0 Å². The van der Waals surface area contributed by atoms with Crippen molar-refractivity contribution in [2.75, 3.05) is 12.4 Å². The molecule has 0 spiro atoms. The summed E-state index contributed by atoms with van der Waals surface area (Å²) in [6, 6.07) is 5.23. The van der Waals surface area contributed by atoms with Gasteiger partial charge in [0.2, 0.25) is 0 Å². The summed E-state index contributed by atoms with van der Waals surface area (Å²) in [6.45, 7) is 8.31. The standard InChI is InChI=1S/C11H16FN.C2H6/c1-8(2)6-9-4-5-10(12)11(7-9)13-3;1-2/h4-5,7-8,13H,6H2,1-3H3;1-2H3. The highest BCUT2D eigenvalue weighted by Crippen LogP contribution is 2.17. The van der Waals surface area contributed by atoms with E-state index in [9.17, 15) is 4.39 Å². The maximum absolute atomic E-state index is 13.0. The van der Waals surface area contributed by atoms with Crippen LogP contribution in [0, 0.1) is 11.7 Å². The van der Waals surface area contributed by atoms with Crippen molar-refractivity contribution < 1.29 is 4.39 Å². The minimum Gasteiger partial charge on any atom is -0.386 e. The quantitative estimate of drug-likeness (QED) is 0.794. The summed E-state index contributed by atoms with van der Waals surface area (Å²) in [4.78, 5) is 0. The molecule has 0 unspecified atom stereocenters. The average molecular weight is 211 g/mol. The van der Waals surface area contributed by atoms with Gasteiger partial charge in [0.05, 0.1) is 5.69 Å². The van der Waals surface area contributed by atoms with Crippen LogP contribution in [0.5, 0.6) is 0 Å². The SMILES string of the molecule is CC.CNc1cc(CC(C)C)ccc1F. The average Bonchev–Trinajstić information content (AvgIpc) is 2.23. The van der Waals surface area contributed by atoms with Crippen molar-refractivity contribution in [1.82, 2.24) is 0 Å². The second kappa shape index (κ2) is 7.27. The van der Waals surface area contributed by atoms with Crippen LogP contribution in [-0.4, -0.2) is 7.05 Å². The fraction of sp³-hybridized carbons (Fsp3) is 0.538. The Hall–Kier alpha value is -1.05. The Labute approximate surface area is 92.7 Å². The predicted octanol–water partition coefficient (Wildman–Crippen LogP) is 4.09. The van der Waals surface area contributed by atoms with E-state index in [1.807, 2.05) is 26.0 Å². The lowest BCUT2D eigenvalue weighted by Gasteiger charge is -2.07. The number of benzene rings is 1. The third kappa shape index (κ3) is 4.82. The fourth-order valence-electron chi connectivity index (χ4n) is 1.36. The molecule has 0 amide bonds. The minimum atomic E-state index is -0.185. The van der Waals surface area contributed by atoms with Crippen LogP contribution >= 0.6 is 0 Å². The lowest BCUT2D eigenvalue weighted by molar-refractivity contribution is 0.623. The molecule has 0 aliphatic heterocycles. The van der Waals surface area contributed by atoms with Gasteiger partial charge in [0.25, 0.3) is 0 Å². The number of hydrogen-bond acceptors (Lipinski definition) is 1. The van der Waals surface area contributed by atoms with Crippen LogP contribution in [0.4, 0.5) is 10.1 Å². The van der Waals surface area contributed by atoms with Gasteiger partial charge in [0.1, 0.15) is 5.82 Å². The summed E-state index contributed by atoms with van der Waals surface area (Å²) >= 11 is 0. The van der Waals surface area contributed by atoms with E-state index in [2.05, 4.69) is 19.2 Å². The molecule has 1 N–H and O–H groups in total. The predicted molar refractivity (Wildman–Crippen MR) is 65.8 cm³/mol. The molecule has 0 aromatic heterocycles. The van der Waals surface area contributed by atoms with Crippen molar-refractivity contribution in [1.29, 1.82) is 0 Å². The highest BCUT2D eigenvalue weighted by molar-refractivity contribution is 5.46. The van der Waals surface area contributed by atoms with Crippen LogP contribution in [0.2, 0.25) is 0 Å². The molecule has 86 valence electrons. The van der Waals surface area contributed by atoms with Crippen molar-refractivity contribution in [3.8, 4) is 0 Å². The summed E-state index contributed by atoms with van der Waals surface area (Å²) in [5, 5.41) is 2.83. The molecule has 0 atom stereocenters. The van der Waals surface area contributed by atoms with Crippen LogP contribution < -0.4 is 5.32 Å². The normalized spacial score (nSPS) is 9.53. The monoisotopic (exact) mass is 211 g/mol. The molecule has 0 radical (unpaired) electrons. The summed E-state index contributed by atoms with van der Waals surface area (Å²) < 4.78 is 13.0. The van der Waals surface area contributed by atoms with E-state index >= 15 is 0 Å². The Balaban J connectivity index is 0.000000921. The molecule has 0 saturated carbocycles. The molecular formula is C13H22FN. The maximum atomic E-state index is 13.0. The van der Waals surface area contributed by atoms with E-state index in [1.165, 1.54) is 11.6 Å². The summed E-state index contributed by atoms with van der Waals surface area (Å²) in [7, 11) is 1.73. The molecule has 2 heteroatoms. The molecule has 1 nitrogen and oxygen atoms in total. The van der Waals surface area contributed by atoms with Crippen molar-refractivity contribution >= 4 is 5.69 Å². The van der Waals surface area contributed by atoms with Gasteiger partial charge in [-0.15, -0.1) is 0 Å². The Morgan fingerprint density at radius 2 is 1.87 bits per heavy atom. The van der Waals surface area contributed by atoms with Gasteiger partial charge in [-0.1, -0.05) is 33.8 Å². The van der Waals surface area contributed by atoms with Gasteiger partial charge in [0.15, 0.2) is 0 Å². The van der Waals surface area contributed by atoms with Gasteiger partial charge in [-0.05, 0) is 30.0 Å². The van der Waals surface area contributed by atoms with E-state index < -0.39 is 0 Å². The maximum Gasteiger partial charge on any atom is 0.146 e. The third-order valence-corrected chi connectivity index (χ3v) is 1.94. The highest BCUT2D eigenvalue weighted by atomic mass is 19.1. The summed E-state index contributed by atoms with van der Waals surface area (Å²) in [5.74, 6) is 0.421. The van der Waals surface area contributed by atoms with Crippen LogP contribution in [0.15, 0.2) is 18.2 Å². The van der Waals surface area contributed by atoms with Crippen LogP contribution in [-0.2, 0) is 6.42 Å². The van der Waals surface area contributed by atoms with Gasteiger partial charge in [-0.2, -0.15) is 0 Å². The van der Waals surface area contributed by atoms with Gasteiger partial charge in [-0.25, -0.2) is 4.39 Å². The molecule has 0 fully saturated rings. The molecule has 1 rings (SSSR count). The van der Waals surface area contributed by atoms with Crippen molar-refractivity contribution in [2.45, 2.75) is 34.1 Å². The van der Waals surface area contributed by atoms with Crippen molar-refractivity contribution in [3.63, 3.8) is 0 Å². The minimum absolute atomic E-state index is 0.185. The molecule has 1 aromatic rings. The Morgan fingerprint density at radius 3 is 2.33 bits per heavy atom. The van der Waals surface area contributed by atoms with Crippen molar-refractivity contribution in [3.05, 3.63) is 29.6 Å². The van der Waals surface area contributed by atoms with Crippen LogP contribution in [0.25, 0.3) is 0 Å². The van der Waals surface area contributed by atoms with Gasteiger partial charge in [0, 0.05) is 7.05 Å². The smallest absolute Gasteiger partial charge is 0.146 e. The zero-order valence-corrected chi connectivity index (χ0v) is 10.4. The van der Waals surface area contributed by atoms with E-state index in [4.69, 9.17) is 0 Å². The Kier molecular flexibility index (Phi) is 6.76. The zero-order valence-electron chi connectivity index (χ0n) is 10.4. The third-order valence-electron chi connectivity index (χ3n) is 1.94. The molecule has 0 aliphatic rings. The Morgan fingerprint density at radius 1 is 1.27 bits per heavy atom. The summed E-state index contributed by atoms with van der Waals surface area (Å²) in [6.07, 6.45) is 0.995. The first kappa shape index (κ1) is 13.9. The second-order valence-electron chi connectivity index (χ2n) is 3.66. The Bertz CT molecular complexity index is 282. The largest absolute Gasteiger partial charge is 0.386 e. The van der Waals surface area contributed by atoms with E-state index in [0.29, 0.717) is 11.6 Å².